The molecule has 0 aliphatic rings. The summed E-state index contributed by atoms with van der Waals surface area (Å²) in [6, 6.07) is 9.23. The van der Waals surface area contributed by atoms with Gasteiger partial charge in [0.1, 0.15) is 9.88 Å². The standard InChI is InChI=1S/C20H23N3O3S2/c1-13(2)20(4,12-21)23-17(24)9-26-18(25)16-8-6-5-7-15(16)11-28-19-22-14(3)10-27-19/h5-8,10,13H,9,11H2,1-4H3,(H,23,24)/t20-/m0/s1. The third kappa shape index (κ3) is 5.81. The molecule has 6 nitrogen and oxygen atoms in total. The first kappa shape index (κ1) is 21.9. The van der Waals surface area contributed by atoms with Crippen molar-refractivity contribution in [3.05, 3.63) is 46.5 Å². The Balaban J connectivity index is 1.97. The van der Waals surface area contributed by atoms with E-state index in [0.717, 1.165) is 15.6 Å². The number of aryl methyl sites for hydroxylation is 1. The molecule has 1 aromatic heterocycles. The van der Waals surface area contributed by atoms with E-state index in [-0.39, 0.29) is 5.92 Å². The summed E-state index contributed by atoms with van der Waals surface area (Å²) in [5, 5.41) is 13.9. The Morgan fingerprint density at radius 1 is 1.39 bits per heavy atom. The molecular formula is C20H23N3O3S2. The molecule has 0 saturated carbocycles. The van der Waals surface area contributed by atoms with Crippen molar-refractivity contribution in [2.45, 2.75) is 43.3 Å². The molecule has 28 heavy (non-hydrogen) atoms. The zero-order valence-electron chi connectivity index (χ0n) is 16.3. The van der Waals surface area contributed by atoms with Crippen LogP contribution in [0.2, 0.25) is 0 Å². The maximum absolute atomic E-state index is 12.5. The maximum atomic E-state index is 12.5. The van der Waals surface area contributed by atoms with Crippen molar-refractivity contribution in [1.29, 1.82) is 5.26 Å². The van der Waals surface area contributed by atoms with Crippen LogP contribution in [-0.4, -0.2) is 29.0 Å². The molecule has 0 saturated heterocycles. The highest BCUT2D eigenvalue weighted by atomic mass is 32.2. The summed E-state index contributed by atoms with van der Waals surface area (Å²) >= 11 is 3.11. The fourth-order valence-electron chi connectivity index (χ4n) is 2.22. The molecule has 0 fully saturated rings. The van der Waals surface area contributed by atoms with Gasteiger partial charge in [-0.25, -0.2) is 9.78 Å². The third-order valence-corrected chi connectivity index (χ3v) is 6.49. The number of carbonyl (C=O) groups is 2. The smallest absolute Gasteiger partial charge is 0.338 e. The van der Waals surface area contributed by atoms with Crippen molar-refractivity contribution in [1.82, 2.24) is 10.3 Å². The Morgan fingerprint density at radius 2 is 2.11 bits per heavy atom. The number of esters is 1. The molecule has 2 aromatic rings. The second-order valence-corrected chi connectivity index (χ2v) is 8.87. The van der Waals surface area contributed by atoms with Crippen LogP contribution in [0.5, 0.6) is 0 Å². The monoisotopic (exact) mass is 417 g/mol. The molecule has 2 rings (SSSR count). The van der Waals surface area contributed by atoms with E-state index in [1.165, 1.54) is 0 Å². The van der Waals surface area contributed by atoms with Gasteiger partial charge in [0.05, 0.1) is 11.6 Å². The predicted molar refractivity (Wildman–Crippen MR) is 110 cm³/mol. The van der Waals surface area contributed by atoms with Gasteiger partial charge in [0, 0.05) is 16.8 Å². The maximum Gasteiger partial charge on any atom is 0.338 e. The van der Waals surface area contributed by atoms with Gasteiger partial charge in [-0.05, 0) is 31.4 Å². The number of ether oxygens (including phenoxy) is 1. The number of nitriles is 1. The van der Waals surface area contributed by atoms with Crippen molar-refractivity contribution >= 4 is 35.0 Å². The number of carbonyl (C=O) groups excluding carboxylic acids is 2. The van der Waals surface area contributed by atoms with E-state index < -0.39 is 24.0 Å². The molecule has 0 aliphatic heterocycles. The molecule has 0 radical (unpaired) electrons. The van der Waals surface area contributed by atoms with Crippen LogP contribution >= 0.6 is 23.1 Å². The Hall–Kier alpha value is -2.37. The summed E-state index contributed by atoms with van der Waals surface area (Å²) in [7, 11) is 0. The molecule has 1 aromatic carbocycles. The van der Waals surface area contributed by atoms with E-state index in [0.29, 0.717) is 11.3 Å². The summed E-state index contributed by atoms with van der Waals surface area (Å²) in [5.41, 5.74) is 1.19. The Kier molecular flexibility index (Phi) is 7.61. The number of rotatable bonds is 8. The number of aromatic nitrogens is 1. The minimum absolute atomic E-state index is 0.0793. The van der Waals surface area contributed by atoms with Crippen molar-refractivity contribution < 1.29 is 14.3 Å². The SMILES string of the molecule is Cc1csc(SCc2ccccc2C(=O)OCC(=O)N[C@@](C)(C#N)C(C)C)n1. The highest BCUT2D eigenvalue weighted by Gasteiger charge is 2.30. The molecule has 0 unspecified atom stereocenters. The van der Waals surface area contributed by atoms with Crippen LogP contribution in [0.15, 0.2) is 34.0 Å². The molecule has 1 N–H and O–H groups in total. The predicted octanol–water partition coefficient (Wildman–Crippen LogP) is 3.96. The first-order chi connectivity index (χ1) is 13.2. The summed E-state index contributed by atoms with van der Waals surface area (Å²) in [4.78, 5) is 29.0. The summed E-state index contributed by atoms with van der Waals surface area (Å²) in [5.74, 6) is -0.574. The Morgan fingerprint density at radius 3 is 2.71 bits per heavy atom. The highest BCUT2D eigenvalue weighted by Crippen LogP contribution is 2.27. The van der Waals surface area contributed by atoms with Gasteiger partial charge in [-0.1, -0.05) is 43.8 Å². The highest BCUT2D eigenvalue weighted by molar-refractivity contribution is 8.00. The van der Waals surface area contributed by atoms with Crippen LogP contribution in [0.25, 0.3) is 0 Å². The van der Waals surface area contributed by atoms with E-state index in [2.05, 4.69) is 16.4 Å². The summed E-state index contributed by atoms with van der Waals surface area (Å²) < 4.78 is 6.11. The van der Waals surface area contributed by atoms with E-state index in [9.17, 15) is 14.9 Å². The first-order valence-electron chi connectivity index (χ1n) is 8.77. The quantitative estimate of drug-likeness (QED) is 0.516. The number of thioether (sulfide) groups is 1. The van der Waals surface area contributed by atoms with Gasteiger partial charge in [-0.15, -0.1) is 11.3 Å². The van der Waals surface area contributed by atoms with Gasteiger partial charge in [0.15, 0.2) is 6.61 Å². The fraction of sp³-hybridized carbons (Fsp3) is 0.400. The Bertz CT molecular complexity index is 889. The second kappa shape index (κ2) is 9.71. The number of benzene rings is 1. The average Bonchev–Trinajstić information content (AvgIpc) is 3.09. The molecule has 148 valence electrons. The average molecular weight is 418 g/mol. The lowest BCUT2D eigenvalue weighted by Crippen LogP contribution is -2.50. The minimum Gasteiger partial charge on any atom is -0.452 e. The Labute approximate surface area is 173 Å². The van der Waals surface area contributed by atoms with Gasteiger partial charge in [-0.2, -0.15) is 5.26 Å². The lowest BCUT2D eigenvalue weighted by molar-refractivity contribution is -0.125. The van der Waals surface area contributed by atoms with Crippen molar-refractivity contribution in [2.75, 3.05) is 6.61 Å². The topological polar surface area (TPSA) is 92.1 Å². The molecule has 0 aliphatic carbocycles. The molecule has 1 atom stereocenters. The van der Waals surface area contributed by atoms with Crippen molar-refractivity contribution in [3.8, 4) is 6.07 Å². The molecule has 0 spiro atoms. The van der Waals surface area contributed by atoms with Crippen LogP contribution in [-0.2, 0) is 15.3 Å². The largest absolute Gasteiger partial charge is 0.452 e. The summed E-state index contributed by atoms with van der Waals surface area (Å²) in [6.07, 6.45) is 0. The number of nitrogens with zero attached hydrogens (tertiary/aromatic N) is 2. The van der Waals surface area contributed by atoms with Crippen LogP contribution in [0.1, 0.15) is 42.4 Å². The normalized spacial score (nSPS) is 12.9. The van der Waals surface area contributed by atoms with Gasteiger partial charge in [0.25, 0.3) is 5.91 Å². The van der Waals surface area contributed by atoms with Crippen LogP contribution in [0, 0.1) is 24.2 Å². The minimum atomic E-state index is -1.01. The van der Waals surface area contributed by atoms with Gasteiger partial charge >= 0.3 is 5.97 Å². The number of amides is 1. The lowest BCUT2D eigenvalue weighted by Gasteiger charge is -2.27. The van der Waals surface area contributed by atoms with Crippen LogP contribution in [0.4, 0.5) is 0 Å². The fourth-order valence-corrected chi connectivity index (χ4v) is 4.07. The van der Waals surface area contributed by atoms with E-state index >= 15 is 0 Å². The van der Waals surface area contributed by atoms with E-state index in [1.54, 1.807) is 42.2 Å². The third-order valence-electron chi connectivity index (χ3n) is 4.31. The molecule has 8 heteroatoms. The van der Waals surface area contributed by atoms with Crippen molar-refractivity contribution in [3.63, 3.8) is 0 Å². The number of nitrogens with one attached hydrogen (secondary N) is 1. The number of hydrogen-bond donors (Lipinski definition) is 1. The van der Waals surface area contributed by atoms with E-state index in [1.807, 2.05) is 38.3 Å². The van der Waals surface area contributed by atoms with Crippen molar-refractivity contribution in [2.24, 2.45) is 5.92 Å². The summed E-state index contributed by atoms with van der Waals surface area (Å²) in [6.45, 7) is 6.83. The molecule has 0 bridgehead atoms. The zero-order valence-corrected chi connectivity index (χ0v) is 17.9. The van der Waals surface area contributed by atoms with Gasteiger partial charge in [0.2, 0.25) is 0 Å². The number of hydrogen-bond acceptors (Lipinski definition) is 7. The molecule has 1 heterocycles. The van der Waals surface area contributed by atoms with Crippen LogP contribution in [0.3, 0.4) is 0 Å². The van der Waals surface area contributed by atoms with E-state index in [4.69, 9.17) is 4.74 Å². The van der Waals surface area contributed by atoms with Gasteiger partial charge in [-0.3, -0.25) is 4.79 Å². The zero-order chi connectivity index (χ0) is 20.7. The van der Waals surface area contributed by atoms with Crippen LogP contribution < -0.4 is 5.32 Å². The van der Waals surface area contributed by atoms with Gasteiger partial charge < -0.3 is 10.1 Å². The lowest BCUT2D eigenvalue weighted by atomic mass is 9.90. The first-order valence-corrected chi connectivity index (χ1v) is 10.6. The second-order valence-electron chi connectivity index (χ2n) is 6.79. The molecule has 1 amide bonds. The molecular weight excluding hydrogens is 394 g/mol. The number of thiazole rings is 1.